The third-order valence-electron chi connectivity index (χ3n) is 13.5. The minimum absolute atomic E-state index is 0.0197. The van der Waals surface area contributed by atoms with Crippen LogP contribution in [0.15, 0.2) is 24.3 Å². The number of ether oxygens (including phenoxy) is 1. The van der Waals surface area contributed by atoms with Gasteiger partial charge in [-0.1, -0.05) is 250 Å². The summed E-state index contributed by atoms with van der Waals surface area (Å²) in [5.41, 5.74) is 0. The summed E-state index contributed by atoms with van der Waals surface area (Å²) in [6.45, 7) is 4.91. The molecule has 2 atom stereocenters. The molecule has 0 spiro atoms. The molecule has 0 radical (unpaired) electrons. The number of esters is 1. The van der Waals surface area contributed by atoms with Crippen LogP contribution >= 0.6 is 0 Å². The van der Waals surface area contributed by atoms with Crippen molar-refractivity contribution in [1.82, 2.24) is 5.32 Å². The van der Waals surface area contributed by atoms with E-state index in [1.165, 1.54) is 212 Å². The van der Waals surface area contributed by atoms with E-state index in [4.69, 9.17) is 4.74 Å². The van der Waals surface area contributed by atoms with Crippen LogP contribution in [0.4, 0.5) is 0 Å². The molecule has 0 rings (SSSR count). The Morgan fingerprint density at radius 1 is 0.415 bits per heavy atom. The average Bonchev–Trinajstić information content (AvgIpc) is 3.31. The van der Waals surface area contributed by atoms with Crippen LogP contribution in [0.1, 0.15) is 316 Å². The van der Waals surface area contributed by atoms with Crippen molar-refractivity contribution in [2.75, 3.05) is 13.2 Å². The molecule has 0 aliphatic carbocycles. The summed E-state index contributed by atoms with van der Waals surface area (Å²) in [4.78, 5) is 24.5. The molecule has 0 saturated carbocycles. The first-order valence-corrected chi connectivity index (χ1v) is 29.1. The molecule has 6 nitrogen and oxygen atoms in total. The molecule has 65 heavy (non-hydrogen) atoms. The monoisotopic (exact) mass is 916 g/mol. The van der Waals surface area contributed by atoms with Crippen LogP contribution in [0.25, 0.3) is 0 Å². The van der Waals surface area contributed by atoms with Gasteiger partial charge in [0, 0.05) is 12.8 Å². The first-order valence-electron chi connectivity index (χ1n) is 29.1. The fourth-order valence-electron chi connectivity index (χ4n) is 8.98. The Hall–Kier alpha value is -1.66. The van der Waals surface area contributed by atoms with Gasteiger partial charge in [-0.2, -0.15) is 0 Å². The number of amides is 1. The fraction of sp³-hybridized carbons (Fsp3) is 0.898. The Labute approximate surface area is 405 Å². The van der Waals surface area contributed by atoms with Crippen LogP contribution in [0.3, 0.4) is 0 Å². The maximum Gasteiger partial charge on any atom is 0.305 e. The molecule has 0 aliphatic rings. The van der Waals surface area contributed by atoms with Crippen LogP contribution in [0, 0.1) is 0 Å². The molecule has 0 heterocycles. The predicted octanol–water partition coefficient (Wildman–Crippen LogP) is 17.9. The smallest absolute Gasteiger partial charge is 0.305 e. The molecule has 0 aromatic rings. The highest BCUT2D eigenvalue weighted by Gasteiger charge is 2.20. The molecule has 0 bridgehead atoms. The van der Waals surface area contributed by atoms with E-state index in [-0.39, 0.29) is 18.5 Å². The van der Waals surface area contributed by atoms with E-state index >= 15 is 0 Å². The van der Waals surface area contributed by atoms with Gasteiger partial charge >= 0.3 is 5.97 Å². The largest absolute Gasteiger partial charge is 0.466 e. The maximum absolute atomic E-state index is 12.5. The summed E-state index contributed by atoms with van der Waals surface area (Å²) < 4.78 is 5.44. The van der Waals surface area contributed by atoms with Gasteiger partial charge in [-0.3, -0.25) is 9.59 Å². The van der Waals surface area contributed by atoms with E-state index < -0.39 is 12.1 Å². The van der Waals surface area contributed by atoms with Crippen molar-refractivity contribution < 1.29 is 24.5 Å². The van der Waals surface area contributed by atoms with Gasteiger partial charge in [0.2, 0.25) is 5.91 Å². The third-order valence-corrected chi connectivity index (χ3v) is 13.5. The van der Waals surface area contributed by atoms with Gasteiger partial charge in [0.25, 0.3) is 0 Å². The highest BCUT2D eigenvalue weighted by atomic mass is 16.5. The number of aliphatic hydroxyl groups excluding tert-OH is 2. The highest BCUT2D eigenvalue weighted by molar-refractivity contribution is 5.76. The quantitative estimate of drug-likeness (QED) is 0.0321. The number of unbranched alkanes of at least 4 members (excludes halogenated alkanes) is 39. The Bertz CT molecular complexity index is 1010. The standard InChI is InChI=1S/C59H113NO5/c1-3-5-7-9-11-13-15-17-18-19-20-21-22-23-25-28-31-35-39-43-47-51-57(62)56(55-61)60-58(63)52-48-44-40-36-32-29-26-24-27-30-34-38-42-46-50-54-65-59(64)53-49-45-41-37-33-16-14-12-10-8-6-4-2/h12,14,27,30,56-57,61-62H,3-11,13,15-26,28-29,31-55H2,1-2H3,(H,60,63)/b14-12-,30-27-. The van der Waals surface area contributed by atoms with Crippen molar-refractivity contribution in [2.45, 2.75) is 328 Å². The molecule has 2 unspecified atom stereocenters. The van der Waals surface area contributed by atoms with Gasteiger partial charge in [-0.25, -0.2) is 0 Å². The summed E-state index contributed by atoms with van der Waals surface area (Å²) in [6, 6.07) is -0.554. The summed E-state index contributed by atoms with van der Waals surface area (Å²) in [6.07, 6.45) is 65.9. The second kappa shape index (κ2) is 54.9. The molecular formula is C59H113NO5. The van der Waals surface area contributed by atoms with Crippen molar-refractivity contribution >= 4 is 11.9 Å². The third kappa shape index (κ3) is 51.6. The van der Waals surface area contributed by atoms with Crippen LogP contribution in [0.2, 0.25) is 0 Å². The molecule has 0 fully saturated rings. The lowest BCUT2D eigenvalue weighted by molar-refractivity contribution is -0.143. The van der Waals surface area contributed by atoms with E-state index in [1.54, 1.807) is 0 Å². The molecule has 3 N–H and O–H groups in total. The first-order chi connectivity index (χ1) is 32.0. The van der Waals surface area contributed by atoms with E-state index in [2.05, 4.69) is 43.5 Å². The zero-order chi connectivity index (χ0) is 47.2. The summed E-state index contributed by atoms with van der Waals surface area (Å²) >= 11 is 0. The van der Waals surface area contributed by atoms with E-state index in [1.807, 2.05) is 0 Å². The average molecular weight is 917 g/mol. The van der Waals surface area contributed by atoms with Crippen molar-refractivity contribution in [1.29, 1.82) is 0 Å². The number of carbonyl (C=O) groups excluding carboxylic acids is 2. The number of allylic oxidation sites excluding steroid dienone is 4. The lowest BCUT2D eigenvalue weighted by atomic mass is 10.0. The van der Waals surface area contributed by atoms with E-state index in [0.717, 1.165) is 70.6 Å². The predicted molar refractivity (Wildman–Crippen MR) is 283 cm³/mol. The topological polar surface area (TPSA) is 95.9 Å². The zero-order valence-corrected chi connectivity index (χ0v) is 43.7. The number of carbonyl (C=O) groups is 2. The molecule has 1 amide bonds. The lowest BCUT2D eigenvalue weighted by Gasteiger charge is -2.22. The summed E-state index contributed by atoms with van der Waals surface area (Å²) in [7, 11) is 0. The first kappa shape index (κ1) is 63.3. The van der Waals surface area contributed by atoms with Gasteiger partial charge in [0.05, 0.1) is 25.4 Å². The summed E-state index contributed by atoms with van der Waals surface area (Å²) in [5, 5.41) is 23.3. The maximum atomic E-state index is 12.5. The molecular weight excluding hydrogens is 803 g/mol. The number of aliphatic hydroxyl groups is 2. The second-order valence-corrected chi connectivity index (χ2v) is 20.0. The Balaban J connectivity index is 3.48. The Morgan fingerprint density at radius 2 is 0.723 bits per heavy atom. The van der Waals surface area contributed by atoms with Crippen molar-refractivity contribution in [2.24, 2.45) is 0 Å². The highest BCUT2D eigenvalue weighted by Crippen LogP contribution is 2.17. The van der Waals surface area contributed by atoms with E-state index in [0.29, 0.717) is 25.9 Å². The molecule has 0 aromatic heterocycles. The fourth-order valence-corrected chi connectivity index (χ4v) is 8.98. The van der Waals surface area contributed by atoms with Gasteiger partial charge in [0.1, 0.15) is 0 Å². The number of hydrogen-bond acceptors (Lipinski definition) is 5. The minimum atomic E-state index is -0.675. The molecule has 0 saturated heterocycles. The van der Waals surface area contributed by atoms with Gasteiger partial charge in [-0.15, -0.1) is 0 Å². The number of rotatable bonds is 54. The second-order valence-electron chi connectivity index (χ2n) is 20.0. The summed E-state index contributed by atoms with van der Waals surface area (Å²) in [5.74, 6) is -0.0676. The normalized spacial score (nSPS) is 12.7. The van der Waals surface area contributed by atoms with Crippen molar-refractivity contribution in [3.8, 4) is 0 Å². The van der Waals surface area contributed by atoms with Crippen molar-refractivity contribution in [3.05, 3.63) is 24.3 Å². The van der Waals surface area contributed by atoms with Crippen LogP contribution < -0.4 is 5.32 Å². The Morgan fingerprint density at radius 3 is 1.12 bits per heavy atom. The molecule has 384 valence electrons. The van der Waals surface area contributed by atoms with Crippen LogP contribution in [-0.2, 0) is 14.3 Å². The Kier molecular flexibility index (Phi) is 53.5. The van der Waals surface area contributed by atoms with Crippen LogP contribution in [0.5, 0.6) is 0 Å². The lowest BCUT2D eigenvalue weighted by Crippen LogP contribution is -2.45. The van der Waals surface area contributed by atoms with Crippen LogP contribution in [-0.4, -0.2) is 47.4 Å². The molecule has 0 aromatic carbocycles. The molecule has 6 heteroatoms. The number of hydrogen-bond donors (Lipinski definition) is 3. The van der Waals surface area contributed by atoms with E-state index in [9.17, 15) is 19.8 Å². The van der Waals surface area contributed by atoms with Gasteiger partial charge < -0.3 is 20.3 Å². The SMILES string of the molecule is CCCCC/C=C\CCCCCCCC(=O)OCCCCCC/C=C\CCCCCCCCCC(=O)NC(CO)C(O)CCCCCCCCCCCCCCCCCCCCCCC. The van der Waals surface area contributed by atoms with Gasteiger partial charge in [-0.05, 0) is 77.0 Å². The molecule has 0 aliphatic heterocycles. The van der Waals surface area contributed by atoms with Gasteiger partial charge in [0.15, 0.2) is 0 Å². The number of nitrogens with one attached hydrogen (secondary N) is 1. The van der Waals surface area contributed by atoms with Crippen molar-refractivity contribution in [3.63, 3.8) is 0 Å². The minimum Gasteiger partial charge on any atom is -0.466 e. The zero-order valence-electron chi connectivity index (χ0n) is 43.7.